The van der Waals surface area contributed by atoms with Crippen LogP contribution in [0.2, 0.25) is 0 Å². The molecule has 9 nitrogen and oxygen atoms in total. The van der Waals surface area contributed by atoms with Crippen LogP contribution in [-0.4, -0.2) is 37.3 Å². The molecular weight excluding hydrogens is 314 g/mol. The Hall–Kier alpha value is -3.62. The number of aromatic hydroxyl groups is 3. The maximum atomic E-state index is 11.4. The van der Waals surface area contributed by atoms with Crippen molar-refractivity contribution in [2.75, 3.05) is 6.54 Å². The normalized spacial score (nSPS) is 13.4. The number of fused-ring (bicyclic) bond motifs is 2. The van der Waals surface area contributed by atoms with Crippen LogP contribution in [0.1, 0.15) is 0 Å². The number of carbonyl (C=O) groups is 1. The monoisotopic (exact) mass is 325 g/mol. The molecule has 4 rings (SSSR count). The number of amides is 1. The van der Waals surface area contributed by atoms with E-state index in [-0.39, 0.29) is 46.4 Å². The van der Waals surface area contributed by atoms with E-state index in [1.807, 2.05) is 0 Å². The Balaban J connectivity index is 2.07. The van der Waals surface area contributed by atoms with Gasteiger partial charge >= 0.3 is 0 Å². The third-order valence-electron chi connectivity index (χ3n) is 3.81. The van der Waals surface area contributed by atoms with E-state index >= 15 is 0 Å². The van der Waals surface area contributed by atoms with Crippen LogP contribution in [0, 0.1) is 5.41 Å². The van der Waals surface area contributed by atoms with Crippen LogP contribution in [0.15, 0.2) is 34.3 Å². The van der Waals surface area contributed by atoms with E-state index < -0.39 is 0 Å². The highest BCUT2D eigenvalue weighted by Gasteiger charge is 2.17. The standard InChI is InChI=1S/C15H11N5O4/c16-13-12-7(14(23)19-15(12)24)4-11(22)20(13)6-1-2-8-9(3-6)18-10(21)5-17-8/h1-4,16,19,22-24H,5H2. The lowest BCUT2D eigenvalue weighted by Gasteiger charge is -2.11. The summed E-state index contributed by atoms with van der Waals surface area (Å²) in [5.41, 5.74) is 0.130. The van der Waals surface area contributed by atoms with Crippen LogP contribution in [-0.2, 0) is 4.79 Å². The number of aromatic nitrogens is 2. The highest BCUT2D eigenvalue weighted by molar-refractivity contribution is 5.92. The quantitative estimate of drug-likeness (QED) is 0.404. The van der Waals surface area contributed by atoms with Gasteiger partial charge in [0.25, 0.3) is 5.91 Å². The summed E-state index contributed by atoms with van der Waals surface area (Å²) >= 11 is 0. The summed E-state index contributed by atoms with van der Waals surface area (Å²) in [4.78, 5) is 21.7. The van der Waals surface area contributed by atoms with Gasteiger partial charge in [-0.1, -0.05) is 0 Å². The molecule has 1 aliphatic heterocycles. The first-order valence-corrected chi connectivity index (χ1v) is 6.95. The van der Waals surface area contributed by atoms with Crippen molar-refractivity contribution in [1.82, 2.24) is 9.55 Å². The van der Waals surface area contributed by atoms with E-state index in [1.165, 1.54) is 12.1 Å². The summed E-state index contributed by atoms with van der Waals surface area (Å²) in [5, 5.41) is 39.1. The molecule has 5 N–H and O–H groups in total. The van der Waals surface area contributed by atoms with Crippen molar-refractivity contribution in [3.63, 3.8) is 0 Å². The number of nitrogens with zero attached hydrogens (tertiary/aromatic N) is 3. The minimum absolute atomic E-state index is 0.00308. The molecule has 1 aromatic carbocycles. The molecule has 0 fully saturated rings. The molecule has 0 unspecified atom stereocenters. The van der Waals surface area contributed by atoms with Gasteiger partial charge in [-0.05, 0) is 18.2 Å². The number of H-pyrrole nitrogens is 1. The second-order valence-corrected chi connectivity index (χ2v) is 5.29. The molecule has 9 heteroatoms. The first-order valence-electron chi connectivity index (χ1n) is 6.95. The Labute approximate surface area is 133 Å². The van der Waals surface area contributed by atoms with E-state index in [2.05, 4.69) is 15.0 Å². The molecule has 2 aromatic heterocycles. The van der Waals surface area contributed by atoms with Gasteiger partial charge in [-0.2, -0.15) is 0 Å². The molecule has 0 bridgehead atoms. The summed E-state index contributed by atoms with van der Waals surface area (Å²) in [6.07, 6.45) is 0. The first-order chi connectivity index (χ1) is 11.5. The Morgan fingerprint density at radius 3 is 2.71 bits per heavy atom. The number of nitrogens with one attached hydrogen (secondary N) is 2. The number of rotatable bonds is 1. The number of benzene rings is 1. The predicted molar refractivity (Wildman–Crippen MR) is 80.7 cm³/mol. The number of hydrogen-bond acceptors (Lipinski definition) is 6. The lowest BCUT2D eigenvalue weighted by molar-refractivity contribution is -0.116. The highest BCUT2D eigenvalue weighted by atomic mass is 16.3. The molecule has 0 saturated heterocycles. The Kier molecular flexibility index (Phi) is 2.73. The van der Waals surface area contributed by atoms with Gasteiger partial charge in [0, 0.05) is 6.07 Å². The summed E-state index contributed by atoms with van der Waals surface area (Å²) in [5.74, 6) is -1.41. The van der Waals surface area contributed by atoms with Crippen molar-refractivity contribution in [2.45, 2.75) is 0 Å². The van der Waals surface area contributed by atoms with Gasteiger partial charge in [0.2, 0.25) is 5.88 Å². The van der Waals surface area contributed by atoms with Gasteiger partial charge in [-0.15, -0.1) is 0 Å². The van der Waals surface area contributed by atoms with E-state index in [0.717, 1.165) is 4.57 Å². The average Bonchev–Trinajstić information content (AvgIpc) is 2.81. The van der Waals surface area contributed by atoms with Gasteiger partial charge in [-0.3, -0.25) is 24.7 Å². The molecule has 1 aliphatic rings. The maximum Gasteiger partial charge on any atom is 0.267 e. The third-order valence-corrected chi connectivity index (χ3v) is 3.81. The van der Waals surface area contributed by atoms with Crippen molar-refractivity contribution >= 4 is 16.7 Å². The summed E-state index contributed by atoms with van der Waals surface area (Å²) < 4.78 is 1.16. The van der Waals surface area contributed by atoms with Gasteiger partial charge in [0.15, 0.2) is 11.8 Å². The van der Waals surface area contributed by atoms with Crippen molar-refractivity contribution in [3.8, 4) is 23.3 Å². The van der Waals surface area contributed by atoms with E-state index in [9.17, 15) is 20.1 Å². The molecule has 0 spiro atoms. The van der Waals surface area contributed by atoms with Crippen molar-refractivity contribution in [3.05, 3.63) is 40.5 Å². The molecule has 3 heterocycles. The van der Waals surface area contributed by atoms with Crippen LogP contribution in [0.25, 0.3) is 16.5 Å². The van der Waals surface area contributed by atoms with Crippen LogP contribution in [0.5, 0.6) is 17.6 Å². The third kappa shape index (κ3) is 1.88. The minimum Gasteiger partial charge on any atom is -0.494 e. The Bertz CT molecular complexity index is 1210. The lowest BCUT2D eigenvalue weighted by Crippen LogP contribution is -2.33. The fourth-order valence-corrected chi connectivity index (χ4v) is 2.75. The molecule has 0 saturated carbocycles. The first kappa shape index (κ1) is 14.0. The second kappa shape index (κ2) is 4.69. The fourth-order valence-electron chi connectivity index (χ4n) is 2.75. The topological polar surface area (TPSA) is 147 Å². The zero-order chi connectivity index (χ0) is 17.0. The molecule has 120 valence electrons. The summed E-state index contributed by atoms with van der Waals surface area (Å²) in [7, 11) is 0. The molecule has 0 radical (unpaired) electrons. The van der Waals surface area contributed by atoms with E-state index in [0.29, 0.717) is 16.4 Å². The fraction of sp³-hybridized carbons (Fsp3) is 0.0667. The molecular formula is C15H11N5O4. The highest BCUT2D eigenvalue weighted by Crippen LogP contribution is 2.32. The van der Waals surface area contributed by atoms with Gasteiger partial charge in [0.1, 0.15) is 12.0 Å². The second-order valence-electron chi connectivity index (χ2n) is 5.29. The molecule has 3 aromatic rings. The van der Waals surface area contributed by atoms with Crippen molar-refractivity contribution < 1.29 is 20.1 Å². The van der Waals surface area contributed by atoms with Gasteiger partial charge in [0.05, 0.1) is 27.2 Å². The lowest BCUT2D eigenvalue weighted by atomic mass is 10.2. The smallest absolute Gasteiger partial charge is 0.267 e. The molecule has 0 aliphatic carbocycles. The summed E-state index contributed by atoms with van der Waals surface area (Å²) in [6.45, 7) is -0.00308. The zero-order valence-electron chi connectivity index (χ0n) is 12.1. The van der Waals surface area contributed by atoms with Crippen LogP contribution in [0.3, 0.4) is 0 Å². The average molecular weight is 325 g/mol. The molecule has 1 amide bonds. The zero-order valence-corrected chi connectivity index (χ0v) is 12.1. The number of hydrogen-bond donors (Lipinski definition) is 5. The largest absolute Gasteiger partial charge is 0.494 e. The van der Waals surface area contributed by atoms with E-state index in [4.69, 9.17) is 5.41 Å². The predicted octanol–water partition coefficient (Wildman–Crippen LogP) is -0.666. The van der Waals surface area contributed by atoms with Crippen LogP contribution >= 0.6 is 0 Å². The SMILES string of the molecule is N=c1c2c(O)[nH]c(O)c2cc(O)n1-c1ccc2c(c1)=NC(=O)CN=2. The number of aromatic amines is 1. The van der Waals surface area contributed by atoms with Gasteiger partial charge < -0.3 is 15.3 Å². The minimum atomic E-state index is -0.380. The summed E-state index contributed by atoms with van der Waals surface area (Å²) in [6, 6.07) is 5.99. The van der Waals surface area contributed by atoms with Crippen LogP contribution in [0.4, 0.5) is 0 Å². The number of carbonyl (C=O) groups excluding carboxylic acids is 1. The maximum absolute atomic E-state index is 11.4. The molecule has 24 heavy (non-hydrogen) atoms. The Morgan fingerprint density at radius 2 is 1.92 bits per heavy atom. The van der Waals surface area contributed by atoms with E-state index in [1.54, 1.807) is 12.1 Å². The van der Waals surface area contributed by atoms with Crippen molar-refractivity contribution in [2.24, 2.45) is 9.98 Å². The van der Waals surface area contributed by atoms with Crippen molar-refractivity contribution in [1.29, 1.82) is 5.41 Å². The number of pyridine rings is 1. The van der Waals surface area contributed by atoms with Gasteiger partial charge in [-0.25, -0.2) is 4.99 Å². The molecule has 0 atom stereocenters. The van der Waals surface area contributed by atoms with Crippen LogP contribution < -0.4 is 16.2 Å². The Morgan fingerprint density at radius 1 is 1.12 bits per heavy atom.